The maximum atomic E-state index is 12.0. The van der Waals surface area contributed by atoms with E-state index >= 15 is 0 Å². The second kappa shape index (κ2) is 9.13. The first-order chi connectivity index (χ1) is 10.7. The third-order valence-electron chi connectivity index (χ3n) is 4.29. The molecule has 2 N–H and O–H groups in total. The summed E-state index contributed by atoms with van der Waals surface area (Å²) in [5, 5.41) is 6.81. The lowest BCUT2D eigenvalue weighted by molar-refractivity contribution is -0.116. The molecule has 1 amide bonds. The van der Waals surface area contributed by atoms with Crippen LogP contribution in [0.2, 0.25) is 5.02 Å². The molecule has 0 spiro atoms. The Morgan fingerprint density at radius 1 is 1.27 bits per heavy atom. The molecule has 0 aliphatic carbocycles. The SMILES string of the molecule is CNCCC1CCN(CCC(=O)Nc2ccc(Cl)cc2)CC1. The molecule has 122 valence electrons. The quantitative estimate of drug-likeness (QED) is 0.810. The van der Waals surface area contributed by atoms with Gasteiger partial charge in [-0.25, -0.2) is 0 Å². The van der Waals surface area contributed by atoms with E-state index in [0.717, 1.165) is 37.8 Å². The first-order valence-electron chi connectivity index (χ1n) is 8.10. The van der Waals surface area contributed by atoms with Gasteiger partial charge in [-0.3, -0.25) is 4.79 Å². The van der Waals surface area contributed by atoms with E-state index in [0.29, 0.717) is 11.4 Å². The van der Waals surface area contributed by atoms with Crippen LogP contribution in [0.4, 0.5) is 5.69 Å². The van der Waals surface area contributed by atoms with Crippen LogP contribution in [0.25, 0.3) is 0 Å². The molecule has 0 unspecified atom stereocenters. The van der Waals surface area contributed by atoms with Crippen LogP contribution in [-0.4, -0.2) is 44.0 Å². The number of rotatable bonds is 7. The maximum Gasteiger partial charge on any atom is 0.225 e. The molecule has 1 aliphatic rings. The second-order valence-corrected chi connectivity index (χ2v) is 6.42. The zero-order valence-corrected chi connectivity index (χ0v) is 14.0. The van der Waals surface area contributed by atoms with Crippen LogP contribution < -0.4 is 10.6 Å². The fourth-order valence-corrected chi connectivity index (χ4v) is 2.99. The molecular formula is C17H26ClN3O. The summed E-state index contributed by atoms with van der Waals surface area (Å²) in [5.74, 6) is 0.909. The number of halogens is 1. The summed E-state index contributed by atoms with van der Waals surface area (Å²) in [7, 11) is 2.01. The Hall–Kier alpha value is -1.10. The Morgan fingerprint density at radius 2 is 1.95 bits per heavy atom. The van der Waals surface area contributed by atoms with E-state index in [2.05, 4.69) is 15.5 Å². The number of amides is 1. The molecule has 0 saturated carbocycles. The van der Waals surface area contributed by atoms with Gasteiger partial charge in [-0.15, -0.1) is 0 Å². The summed E-state index contributed by atoms with van der Waals surface area (Å²) in [6.45, 7) is 4.18. The number of carbonyl (C=O) groups is 1. The van der Waals surface area contributed by atoms with Gasteiger partial charge < -0.3 is 15.5 Å². The molecule has 0 radical (unpaired) electrons. The highest BCUT2D eigenvalue weighted by Crippen LogP contribution is 2.20. The second-order valence-electron chi connectivity index (χ2n) is 5.98. The van der Waals surface area contributed by atoms with E-state index in [1.54, 1.807) is 12.1 Å². The lowest BCUT2D eigenvalue weighted by atomic mass is 9.93. The average molecular weight is 324 g/mol. The van der Waals surface area contributed by atoms with Gasteiger partial charge >= 0.3 is 0 Å². The molecule has 0 bridgehead atoms. The van der Waals surface area contributed by atoms with Gasteiger partial charge in [0.2, 0.25) is 5.91 Å². The zero-order chi connectivity index (χ0) is 15.8. The van der Waals surface area contributed by atoms with Gasteiger partial charge in [0, 0.05) is 23.7 Å². The van der Waals surface area contributed by atoms with Crippen molar-refractivity contribution in [3.05, 3.63) is 29.3 Å². The topological polar surface area (TPSA) is 44.4 Å². The Kier molecular flexibility index (Phi) is 7.16. The van der Waals surface area contributed by atoms with Crippen LogP contribution in [0.1, 0.15) is 25.7 Å². The predicted molar refractivity (Wildman–Crippen MR) is 92.4 cm³/mol. The van der Waals surface area contributed by atoms with Gasteiger partial charge in [0.05, 0.1) is 0 Å². The molecule has 22 heavy (non-hydrogen) atoms. The molecular weight excluding hydrogens is 298 g/mol. The van der Waals surface area contributed by atoms with Crippen molar-refractivity contribution in [2.75, 3.05) is 38.5 Å². The molecule has 1 saturated heterocycles. The molecule has 0 aromatic heterocycles. The van der Waals surface area contributed by atoms with Crippen LogP contribution >= 0.6 is 11.6 Å². The Bertz CT molecular complexity index is 455. The minimum Gasteiger partial charge on any atom is -0.326 e. The van der Waals surface area contributed by atoms with E-state index in [1.807, 2.05) is 19.2 Å². The lowest BCUT2D eigenvalue weighted by Gasteiger charge is -2.31. The van der Waals surface area contributed by atoms with Crippen molar-refractivity contribution in [2.24, 2.45) is 5.92 Å². The van der Waals surface area contributed by atoms with Gasteiger partial charge in [0.25, 0.3) is 0 Å². The predicted octanol–water partition coefficient (Wildman–Crippen LogP) is 2.99. The Morgan fingerprint density at radius 3 is 2.59 bits per heavy atom. The van der Waals surface area contributed by atoms with Crippen molar-refractivity contribution >= 4 is 23.2 Å². The molecule has 1 aliphatic heterocycles. The van der Waals surface area contributed by atoms with Crippen LogP contribution in [0.3, 0.4) is 0 Å². The van der Waals surface area contributed by atoms with E-state index in [9.17, 15) is 4.79 Å². The van der Waals surface area contributed by atoms with E-state index in [-0.39, 0.29) is 5.91 Å². The van der Waals surface area contributed by atoms with Crippen LogP contribution in [0.15, 0.2) is 24.3 Å². The Balaban J connectivity index is 1.64. The van der Waals surface area contributed by atoms with Gasteiger partial charge in [0.15, 0.2) is 0 Å². The van der Waals surface area contributed by atoms with Crippen LogP contribution in [-0.2, 0) is 4.79 Å². The first-order valence-corrected chi connectivity index (χ1v) is 8.47. The molecule has 5 heteroatoms. The third-order valence-corrected chi connectivity index (χ3v) is 4.54. The van der Waals surface area contributed by atoms with Gasteiger partial charge in [0.1, 0.15) is 0 Å². The third kappa shape index (κ3) is 5.95. The molecule has 1 heterocycles. The van der Waals surface area contributed by atoms with Crippen molar-refractivity contribution in [3.8, 4) is 0 Å². The van der Waals surface area contributed by atoms with Crippen molar-refractivity contribution in [2.45, 2.75) is 25.7 Å². The molecule has 4 nitrogen and oxygen atoms in total. The summed E-state index contributed by atoms with van der Waals surface area (Å²) in [6.07, 6.45) is 4.31. The highest BCUT2D eigenvalue weighted by atomic mass is 35.5. The van der Waals surface area contributed by atoms with Crippen molar-refractivity contribution in [3.63, 3.8) is 0 Å². The lowest BCUT2D eigenvalue weighted by Crippen LogP contribution is -2.36. The highest BCUT2D eigenvalue weighted by molar-refractivity contribution is 6.30. The Labute approximate surface area is 138 Å². The first kappa shape index (κ1) is 17.3. The molecule has 1 aromatic rings. The average Bonchev–Trinajstić information content (AvgIpc) is 2.54. The van der Waals surface area contributed by atoms with E-state index in [4.69, 9.17) is 11.6 Å². The largest absolute Gasteiger partial charge is 0.326 e. The summed E-state index contributed by atoms with van der Waals surface area (Å²) < 4.78 is 0. The van der Waals surface area contributed by atoms with Gasteiger partial charge in [-0.05, 0) is 76.1 Å². The zero-order valence-electron chi connectivity index (χ0n) is 13.3. The molecule has 2 rings (SSSR count). The number of carbonyl (C=O) groups excluding carboxylic acids is 1. The highest BCUT2D eigenvalue weighted by Gasteiger charge is 2.19. The summed E-state index contributed by atoms with van der Waals surface area (Å²) in [6, 6.07) is 7.22. The van der Waals surface area contributed by atoms with Crippen LogP contribution in [0, 0.1) is 5.92 Å². The summed E-state index contributed by atoms with van der Waals surface area (Å²) in [5.41, 5.74) is 0.806. The number of benzene rings is 1. The minimum atomic E-state index is 0.0691. The maximum absolute atomic E-state index is 12.0. The smallest absolute Gasteiger partial charge is 0.225 e. The number of hydrogen-bond acceptors (Lipinski definition) is 3. The van der Waals surface area contributed by atoms with E-state index in [1.165, 1.54) is 19.3 Å². The number of hydrogen-bond donors (Lipinski definition) is 2. The fourth-order valence-electron chi connectivity index (χ4n) is 2.86. The fraction of sp³-hybridized carbons (Fsp3) is 0.588. The number of anilines is 1. The van der Waals surface area contributed by atoms with Crippen molar-refractivity contribution < 1.29 is 4.79 Å². The molecule has 0 atom stereocenters. The number of nitrogens with zero attached hydrogens (tertiary/aromatic N) is 1. The standard InChI is InChI=1S/C17H26ClN3O/c1-19-10-6-14-7-11-21(12-8-14)13-9-17(22)20-16-4-2-15(18)3-5-16/h2-5,14,19H,6-13H2,1H3,(H,20,22). The molecule has 1 fully saturated rings. The van der Waals surface area contributed by atoms with Crippen LogP contribution in [0.5, 0.6) is 0 Å². The van der Waals surface area contributed by atoms with Crippen molar-refractivity contribution in [1.29, 1.82) is 0 Å². The normalized spacial score (nSPS) is 16.6. The monoisotopic (exact) mass is 323 g/mol. The van der Waals surface area contributed by atoms with E-state index < -0.39 is 0 Å². The van der Waals surface area contributed by atoms with Crippen molar-refractivity contribution in [1.82, 2.24) is 10.2 Å². The summed E-state index contributed by atoms with van der Waals surface area (Å²) >= 11 is 5.83. The number of piperidine rings is 1. The number of nitrogens with one attached hydrogen (secondary N) is 2. The van der Waals surface area contributed by atoms with Gasteiger partial charge in [-0.2, -0.15) is 0 Å². The summed E-state index contributed by atoms with van der Waals surface area (Å²) in [4.78, 5) is 14.4. The van der Waals surface area contributed by atoms with Gasteiger partial charge in [-0.1, -0.05) is 11.6 Å². The number of likely N-dealkylation sites (tertiary alicyclic amines) is 1. The molecule has 1 aromatic carbocycles. The minimum absolute atomic E-state index is 0.0691.